The zero-order chi connectivity index (χ0) is 13.7. The molecule has 1 aliphatic heterocycles. The average Bonchev–Trinajstić information content (AvgIpc) is 2.41. The third-order valence-corrected chi connectivity index (χ3v) is 4.12. The number of piperazine rings is 1. The third kappa shape index (κ3) is 4.30. The normalized spacial score (nSPS) is 20.2. The van der Waals surface area contributed by atoms with Gasteiger partial charge in [-0.1, -0.05) is 34.1 Å². The van der Waals surface area contributed by atoms with E-state index in [0.717, 1.165) is 30.5 Å². The Labute approximate surface area is 122 Å². The van der Waals surface area contributed by atoms with Crippen molar-refractivity contribution in [2.24, 2.45) is 0 Å². The van der Waals surface area contributed by atoms with Gasteiger partial charge >= 0.3 is 0 Å². The minimum atomic E-state index is -0.0852. The summed E-state index contributed by atoms with van der Waals surface area (Å²) >= 11 is 3.52. The number of carbonyl (C=O) groups excluding carboxylic acids is 1. The van der Waals surface area contributed by atoms with Crippen LogP contribution in [0.3, 0.4) is 0 Å². The maximum atomic E-state index is 12.0. The van der Waals surface area contributed by atoms with Gasteiger partial charge in [-0.3, -0.25) is 4.79 Å². The van der Waals surface area contributed by atoms with Gasteiger partial charge in [0.2, 0.25) is 5.91 Å². The van der Waals surface area contributed by atoms with Gasteiger partial charge < -0.3 is 15.5 Å². The lowest BCUT2D eigenvalue weighted by molar-refractivity contribution is -0.124. The highest BCUT2D eigenvalue weighted by molar-refractivity contribution is 9.10. The second kappa shape index (κ2) is 7.03. The van der Waals surface area contributed by atoms with Crippen LogP contribution in [0, 0.1) is 0 Å². The van der Waals surface area contributed by atoms with E-state index >= 15 is 0 Å². The summed E-state index contributed by atoms with van der Waals surface area (Å²) in [6, 6.07) is 8.02. The number of amides is 1. The summed E-state index contributed by atoms with van der Waals surface area (Å²) in [5, 5.41) is 6.25. The number of nitrogens with zero attached hydrogens (tertiary/aromatic N) is 1. The molecule has 1 aromatic carbocycles. The largest absolute Gasteiger partial charge is 0.354 e. The van der Waals surface area contributed by atoms with Gasteiger partial charge in [0.15, 0.2) is 0 Å². The first-order valence-electron chi connectivity index (χ1n) is 6.60. The summed E-state index contributed by atoms with van der Waals surface area (Å²) in [6.45, 7) is 3.32. The van der Waals surface area contributed by atoms with Crippen LogP contribution in [0.5, 0.6) is 0 Å². The van der Waals surface area contributed by atoms with Crippen LogP contribution >= 0.6 is 15.9 Å². The summed E-state index contributed by atoms with van der Waals surface area (Å²) in [5.41, 5.74) is 1.22. The fourth-order valence-corrected chi connectivity index (χ4v) is 2.70. The number of rotatable bonds is 4. The van der Waals surface area contributed by atoms with Crippen molar-refractivity contribution in [1.29, 1.82) is 0 Å². The quantitative estimate of drug-likeness (QED) is 0.868. The average molecular weight is 326 g/mol. The lowest BCUT2D eigenvalue weighted by Crippen LogP contribution is -2.56. The fourth-order valence-electron chi connectivity index (χ4n) is 2.22. The van der Waals surface area contributed by atoms with Crippen molar-refractivity contribution in [2.45, 2.75) is 12.5 Å². The SMILES string of the molecule is CN1CCNC(C(=O)NCCc2ccccc2Br)C1. The molecular weight excluding hydrogens is 306 g/mol. The first-order chi connectivity index (χ1) is 9.16. The minimum absolute atomic E-state index is 0.0852. The van der Waals surface area contributed by atoms with E-state index in [9.17, 15) is 4.79 Å². The number of nitrogens with one attached hydrogen (secondary N) is 2. The van der Waals surface area contributed by atoms with Gasteiger partial charge in [0.05, 0.1) is 6.04 Å². The van der Waals surface area contributed by atoms with E-state index in [4.69, 9.17) is 0 Å². The lowest BCUT2D eigenvalue weighted by atomic mass is 10.1. The molecule has 4 nitrogen and oxygen atoms in total. The molecule has 1 saturated heterocycles. The Balaban J connectivity index is 1.76. The second-order valence-corrected chi connectivity index (χ2v) is 5.76. The molecule has 0 radical (unpaired) electrons. The van der Waals surface area contributed by atoms with Crippen LogP contribution < -0.4 is 10.6 Å². The topological polar surface area (TPSA) is 44.4 Å². The molecule has 104 valence electrons. The molecule has 1 fully saturated rings. The van der Waals surface area contributed by atoms with Gasteiger partial charge in [-0.05, 0) is 25.1 Å². The fraction of sp³-hybridized carbons (Fsp3) is 0.500. The Morgan fingerprint density at radius 1 is 1.53 bits per heavy atom. The maximum Gasteiger partial charge on any atom is 0.238 e. The first-order valence-corrected chi connectivity index (χ1v) is 7.39. The van der Waals surface area contributed by atoms with E-state index in [-0.39, 0.29) is 11.9 Å². The van der Waals surface area contributed by atoms with Gasteiger partial charge in [0.25, 0.3) is 0 Å². The Morgan fingerprint density at radius 3 is 3.05 bits per heavy atom. The summed E-state index contributed by atoms with van der Waals surface area (Å²) in [7, 11) is 2.04. The van der Waals surface area contributed by atoms with E-state index in [2.05, 4.69) is 37.5 Å². The molecule has 1 unspecified atom stereocenters. The molecule has 0 bridgehead atoms. The van der Waals surface area contributed by atoms with Crippen molar-refractivity contribution in [1.82, 2.24) is 15.5 Å². The molecule has 1 aliphatic rings. The maximum absolute atomic E-state index is 12.0. The summed E-state index contributed by atoms with van der Waals surface area (Å²) in [4.78, 5) is 14.2. The second-order valence-electron chi connectivity index (χ2n) is 4.90. The van der Waals surface area contributed by atoms with Gasteiger partial charge in [-0.15, -0.1) is 0 Å². The molecule has 2 rings (SSSR count). The van der Waals surface area contributed by atoms with Gasteiger partial charge in [0, 0.05) is 30.7 Å². The predicted octanol–water partition coefficient (Wildman–Crippen LogP) is 1.01. The smallest absolute Gasteiger partial charge is 0.238 e. The number of benzene rings is 1. The monoisotopic (exact) mass is 325 g/mol. The van der Waals surface area contributed by atoms with Crippen molar-refractivity contribution >= 4 is 21.8 Å². The zero-order valence-corrected chi connectivity index (χ0v) is 12.7. The molecule has 2 N–H and O–H groups in total. The highest BCUT2D eigenvalue weighted by atomic mass is 79.9. The summed E-state index contributed by atoms with van der Waals surface area (Å²) in [6.07, 6.45) is 0.843. The molecule has 1 aromatic rings. The van der Waals surface area contributed by atoms with Crippen LogP contribution in [0.15, 0.2) is 28.7 Å². The molecule has 19 heavy (non-hydrogen) atoms. The van der Waals surface area contributed by atoms with Crippen molar-refractivity contribution in [3.8, 4) is 0 Å². The summed E-state index contributed by atoms with van der Waals surface area (Å²) < 4.78 is 1.10. The van der Waals surface area contributed by atoms with Crippen molar-refractivity contribution in [3.05, 3.63) is 34.3 Å². The van der Waals surface area contributed by atoms with Crippen molar-refractivity contribution in [3.63, 3.8) is 0 Å². The Kier molecular flexibility index (Phi) is 5.36. The van der Waals surface area contributed by atoms with E-state index < -0.39 is 0 Å². The standard InChI is InChI=1S/C14H20BrN3O/c1-18-9-8-16-13(10-18)14(19)17-7-6-11-4-2-3-5-12(11)15/h2-5,13,16H,6-10H2,1H3,(H,17,19). The first kappa shape index (κ1) is 14.5. The van der Waals surface area contributed by atoms with Gasteiger partial charge in [-0.2, -0.15) is 0 Å². The van der Waals surface area contributed by atoms with Crippen LogP contribution in [-0.2, 0) is 11.2 Å². The van der Waals surface area contributed by atoms with Crippen LogP contribution in [0.4, 0.5) is 0 Å². The summed E-state index contributed by atoms with van der Waals surface area (Å²) in [5.74, 6) is 0.0959. The van der Waals surface area contributed by atoms with Gasteiger partial charge in [-0.25, -0.2) is 0 Å². The molecule has 0 spiro atoms. The number of hydrogen-bond acceptors (Lipinski definition) is 3. The Hall–Kier alpha value is -0.910. The molecule has 0 saturated carbocycles. The molecule has 0 aliphatic carbocycles. The van der Waals surface area contributed by atoms with Crippen LogP contribution in [0.2, 0.25) is 0 Å². The van der Waals surface area contributed by atoms with E-state index in [1.807, 2.05) is 25.2 Å². The van der Waals surface area contributed by atoms with Gasteiger partial charge in [0.1, 0.15) is 0 Å². The van der Waals surface area contributed by atoms with Crippen molar-refractivity contribution < 1.29 is 4.79 Å². The molecule has 1 heterocycles. The van der Waals surface area contributed by atoms with E-state index in [0.29, 0.717) is 6.54 Å². The van der Waals surface area contributed by atoms with E-state index in [1.54, 1.807) is 0 Å². The Bertz CT molecular complexity index is 438. The third-order valence-electron chi connectivity index (χ3n) is 3.35. The Morgan fingerprint density at radius 2 is 2.32 bits per heavy atom. The van der Waals surface area contributed by atoms with E-state index in [1.165, 1.54) is 5.56 Å². The van der Waals surface area contributed by atoms with Crippen molar-refractivity contribution in [2.75, 3.05) is 33.2 Å². The molecule has 0 aromatic heterocycles. The lowest BCUT2D eigenvalue weighted by Gasteiger charge is -2.29. The predicted molar refractivity (Wildman–Crippen MR) is 80.1 cm³/mol. The van der Waals surface area contributed by atoms with Crippen LogP contribution in [-0.4, -0.2) is 50.1 Å². The van der Waals surface area contributed by atoms with Crippen LogP contribution in [0.25, 0.3) is 0 Å². The highest BCUT2D eigenvalue weighted by Crippen LogP contribution is 2.15. The molecule has 1 atom stereocenters. The number of hydrogen-bond donors (Lipinski definition) is 2. The number of likely N-dealkylation sites (N-methyl/N-ethyl adjacent to an activating group) is 1. The molecule has 1 amide bonds. The minimum Gasteiger partial charge on any atom is -0.354 e. The molecular formula is C14H20BrN3O. The zero-order valence-electron chi connectivity index (χ0n) is 11.2. The highest BCUT2D eigenvalue weighted by Gasteiger charge is 2.22. The van der Waals surface area contributed by atoms with Crippen LogP contribution in [0.1, 0.15) is 5.56 Å². The number of halogens is 1. The number of carbonyl (C=O) groups is 1. The molecule has 5 heteroatoms.